The molecule has 2 N–H and O–H groups in total. The molecule has 1 aromatic carbocycles. The second-order valence-corrected chi connectivity index (χ2v) is 4.85. The number of halogens is 1. The summed E-state index contributed by atoms with van der Waals surface area (Å²) in [4.78, 5) is 0. The van der Waals surface area contributed by atoms with Gasteiger partial charge in [0.1, 0.15) is 0 Å². The lowest BCUT2D eigenvalue weighted by atomic mass is 10.3. The lowest BCUT2D eigenvalue weighted by molar-refractivity contribution is 0.0182. The van der Waals surface area contributed by atoms with Crippen molar-refractivity contribution in [3.8, 4) is 0 Å². The molecule has 0 amide bonds. The second kappa shape index (κ2) is 8.68. The topological polar surface area (TPSA) is 50.7 Å². The Labute approximate surface area is 115 Å². The van der Waals surface area contributed by atoms with E-state index in [0.29, 0.717) is 26.4 Å². The van der Waals surface area contributed by atoms with Crippen molar-refractivity contribution in [2.45, 2.75) is 6.10 Å². The molecule has 0 aliphatic carbocycles. The van der Waals surface area contributed by atoms with Gasteiger partial charge in [0.2, 0.25) is 0 Å². The van der Waals surface area contributed by atoms with Crippen LogP contribution in [0.5, 0.6) is 0 Å². The molecule has 1 atom stereocenters. The van der Waals surface area contributed by atoms with Crippen LogP contribution in [0.25, 0.3) is 0 Å². The molecule has 0 fully saturated rings. The van der Waals surface area contributed by atoms with Gasteiger partial charge in [0.25, 0.3) is 0 Å². The molecule has 0 saturated heterocycles. The third-order valence-electron chi connectivity index (χ3n) is 2.13. The first kappa shape index (κ1) is 14.7. The van der Waals surface area contributed by atoms with E-state index in [9.17, 15) is 5.11 Å². The molecule has 0 aromatic heterocycles. The van der Waals surface area contributed by atoms with Gasteiger partial charge in [-0.05, 0) is 46.9 Å². The van der Waals surface area contributed by atoms with Crippen LogP contribution in [0, 0.1) is 3.57 Å². The van der Waals surface area contributed by atoms with Crippen molar-refractivity contribution in [3.63, 3.8) is 0 Å². The lowest BCUT2D eigenvalue weighted by Gasteiger charge is -2.13. The summed E-state index contributed by atoms with van der Waals surface area (Å²) >= 11 is 2.26. The molecule has 0 aliphatic rings. The molecule has 1 rings (SSSR count). The minimum atomic E-state index is -0.508. The van der Waals surface area contributed by atoms with E-state index in [1.165, 1.54) is 3.57 Å². The highest BCUT2D eigenvalue weighted by molar-refractivity contribution is 14.1. The monoisotopic (exact) mass is 351 g/mol. The molecule has 96 valence electrons. The molecule has 5 heteroatoms. The normalized spacial score (nSPS) is 12.4. The van der Waals surface area contributed by atoms with E-state index in [1.807, 2.05) is 24.3 Å². The van der Waals surface area contributed by atoms with Crippen LogP contribution in [-0.2, 0) is 9.47 Å². The predicted molar refractivity (Wildman–Crippen MR) is 76.4 cm³/mol. The maximum absolute atomic E-state index is 9.63. The van der Waals surface area contributed by atoms with Gasteiger partial charge in [-0.25, -0.2) is 0 Å². The summed E-state index contributed by atoms with van der Waals surface area (Å²) in [5, 5.41) is 12.8. The van der Waals surface area contributed by atoms with Crippen molar-refractivity contribution < 1.29 is 14.6 Å². The van der Waals surface area contributed by atoms with E-state index in [0.717, 1.165) is 5.69 Å². The smallest absolute Gasteiger partial charge is 0.0945 e. The van der Waals surface area contributed by atoms with Gasteiger partial charge in [-0.3, -0.25) is 0 Å². The number of aliphatic hydroxyl groups is 1. The average Bonchev–Trinajstić information content (AvgIpc) is 2.34. The maximum atomic E-state index is 9.63. The summed E-state index contributed by atoms with van der Waals surface area (Å²) in [6.45, 7) is 1.86. The van der Waals surface area contributed by atoms with Crippen LogP contribution < -0.4 is 5.32 Å². The number of anilines is 1. The Morgan fingerprint density at radius 3 is 2.65 bits per heavy atom. The largest absolute Gasteiger partial charge is 0.389 e. The SMILES string of the molecule is COCCOCC(O)CNc1ccc(I)cc1. The van der Waals surface area contributed by atoms with Crippen molar-refractivity contribution in [1.82, 2.24) is 0 Å². The molecule has 0 aliphatic heterocycles. The van der Waals surface area contributed by atoms with Gasteiger partial charge in [0, 0.05) is 22.9 Å². The zero-order valence-corrected chi connectivity index (χ0v) is 12.0. The zero-order chi connectivity index (χ0) is 12.5. The Hall–Kier alpha value is -0.370. The molecule has 1 unspecified atom stereocenters. The Morgan fingerprint density at radius 2 is 2.00 bits per heavy atom. The standard InChI is InChI=1S/C12H18INO3/c1-16-6-7-17-9-12(15)8-14-11-4-2-10(13)3-5-11/h2-5,12,14-15H,6-9H2,1H3. The van der Waals surface area contributed by atoms with Gasteiger partial charge >= 0.3 is 0 Å². The molecule has 17 heavy (non-hydrogen) atoms. The van der Waals surface area contributed by atoms with E-state index < -0.39 is 6.10 Å². The van der Waals surface area contributed by atoms with Gasteiger partial charge in [-0.2, -0.15) is 0 Å². The molecule has 0 radical (unpaired) electrons. The molecule has 1 aromatic rings. The number of rotatable bonds is 8. The van der Waals surface area contributed by atoms with Crippen molar-refractivity contribution in [1.29, 1.82) is 0 Å². The van der Waals surface area contributed by atoms with E-state index in [-0.39, 0.29) is 0 Å². The Kier molecular flexibility index (Phi) is 7.50. The zero-order valence-electron chi connectivity index (χ0n) is 9.86. The van der Waals surface area contributed by atoms with E-state index in [2.05, 4.69) is 27.9 Å². The number of hydrogen-bond donors (Lipinski definition) is 2. The summed E-state index contributed by atoms with van der Waals surface area (Å²) in [6, 6.07) is 8.01. The van der Waals surface area contributed by atoms with Crippen molar-refractivity contribution in [2.24, 2.45) is 0 Å². The van der Waals surface area contributed by atoms with Crippen LogP contribution in [-0.4, -0.2) is 44.7 Å². The highest BCUT2D eigenvalue weighted by Crippen LogP contribution is 2.10. The van der Waals surface area contributed by atoms with Gasteiger partial charge in [0.05, 0.1) is 25.9 Å². The second-order valence-electron chi connectivity index (χ2n) is 3.61. The molecule has 0 heterocycles. The van der Waals surface area contributed by atoms with Gasteiger partial charge in [0.15, 0.2) is 0 Å². The Morgan fingerprint density at radius 1 is 1.29 bits per heavy atom. The van der Waals surface area contributed by atoms with Crippen molar-refractivity contribution >= 4 is 28.3 Å². The van der Waals surface area contributed by atoms with Crippen LogP contribution in [0.4, 0.5) is 5.69 Å². The summed E-state index contributed by atoms with van der Waals surface area (Å²) in [7, 11) is 1.62. The first-order valence-electron chi connectivity index (χ1n) is 5.46. The Bertz CT molecular complexity index is 305. The lowest BCUT2D eigenvalue weighted by Crippen LogP contribution is -2.25. The summed E-state index contributed by atoms with van der Waals surface area (Å²) in [6.07, 6.45) is -0.508. The van der Waals surface area contributed by atoms with Crippen molar-refractivity contribution in [2.75, 3.05) is 38.8 Å². The van der Waals surface area contributed by atoms with E-state index >= 15 is 0 Å². The molecule has 0 spiro atoms. The van der Waals surface area contributed by atoms with Crippen LogP contribution in [0.1, 0.15) is 0 Å². The van der Waals surface area contributed by atoms with Crippen LogP contribution in [0.2, 0.25) is 0 Å². The van der Waals surface area contributed by atoms with E-state index in [1.54, 1.807) is 7.11 Å². The number of methoxy groups -OCH3 is 1. The van der Waals surface area contributed by atoms with E-state index in [4.69, 9.17) is 9.47 Å². The predicted octanol–water partition coefficient (Wildman–Crippen LogP) is 1.73. The first-order chi connectivity index (χ1) is 8.22. The first-order valence-corrected chi connectivity index (χ1v) is 6.54. The van der Waals surface area contributed by atoms with Gasteiger partial charge in [-0.15, -0.1) is 0 Å². The van der Waals surface area contributed by atoms with Gasteiger partial charge < -0.3 is 19.9 Å². The number of nitrogens with one attached hydrogen (secondary N) is 1. The highest BCUT2D eigenvalue weighted by atomic mass is 127. The number of ether oxygens (including phenoxy) is 2. The fourth-order valence-electron chi connectivity index (χ4n) is 1.22. The minimum absolute atomic E-state index is 0.320. The average molecular weight is 351 g/mol. The third kappa shape index (κ3) is 6.82. The number of hydrogen-bond acceptors (Lipinski definition) is 4. The Balaban J connectivity index is 2.14. The number of aliphatic hydroxyl groups excluding tert-OH is 1. The van der Waals surface area contributed by atoms with Gasteiger partial charge in [-0.1, -0.05) is 0 Å². The third-order valence-corrected chi connectivity index (χ3v) is 2.85. The summed E-state index contributed by atoms with van der Waals surface area (Å²) in [5.41, 5.74) is 1.00. The fourth-order valence-corrected chi connectivity index (χ4v) is 1.58. The molecular formula is C12H18INO3. The molecule has 0 bridgehead atoms. The number of benzene rings is 1. The maximum Gasteiger partial charge on any atom is 0.0945 e. The molecule has 0 saturated carbocycles. The quantitative estimate of drug-likeness (QED) is 0.553. The van der Waals surface area contributed by atoms with Crippen molar-refractivity contribution in [3.05, 3.63) is 27.8 Å². The molecule has 4 nitrogen and oxygen atoms in total. The molecular weight excluding hydrogens is 333 g/mol. The summed E-state index contributed by atoms with van der Waals surface area (Å²) in [5.74, 6) is 0. The summed E-state index contributed by atoms with van der Waals surface area (Å²) < 4.78 is 11.3. The van der Waals surface area contributed by atoms with Crippen LogP contribution in [0.15, 0.2) is 24.3 Å². The van der Waals surface area contributed by atoms with Crippen LogP contribution in [0.3, 0.4) is 0 Å². The minimum Gasteiger partial charge on any atom is -0.389 e. The van der Waals surface area contributed by atoms with Crippen LogP contribution >= 0.6 is 22.6 Å². The fraction of sp³-hybridized carbons (Fsp3) is 0.500. The highest BCUT2D eigenvalue weighted by Gasteiger charge is 2.03.